The van der Waals surface area contributed by atoms with Crippen LogP contribution < -0.4 is 5.32 Å². The van der Waals surface area contributed by atoms with E-state index in [2.05, 4.69) is 10.3 Å². The first-order valence-corrected chi connectivity index (χ1v) is 8.06. The number of nitrogens with one attached hydrogen (secondary N) is 1. The van der Waals surface area contributed by atoms with E-state index in [4.69, 9.17) is 11.6 Å². The smallest absolute Gasteiger partial charge is 0.251 e. The number of alkyl halides is 1. The third-order valence-electron chi connectivity index (χ3n) is 3.31. The quantitative estimate of drug-likeness (QED) is 0.856. The van der Waals surface area contributed by atoms with Gasteiger partial charge in [0.2, 0.25) is 0 Å². The van der Waals surface area contributed by atoms with E-state index >= 15 is 0 Å². The maximum Gasteiger partial charge on any atom is 0.251 e. The van der Waals surface area contributed by atoms with Gasteiger partial charge in [-0.2, -0.15) is 0 Å². The molecule has 1 amide bonds. The third kappa shape index (κ3) is 3.19. The SMILES string of the molecule is O=C(NCC1CC1)c1cccc(-c2nc(CCl)cs2)c1. The molecule has 3 rings (SSSR count). The highest BCUT2D eigenvalue weighted by Gasteiger charge is 2.21. The summed E-state index contributed by atoms with van der Waals surface area (Å²) in [4.78, 5) is 16.5. The van der Waals surface area contributed by atoms with Gasteiger partial charge in [-0.15, -0.1) is 22.9 Å². The van der Waals surface area contributed by atoms with Crippen LogP contribution in [0, 0.1) is 5.92 Å². The fourth-order valence-electron chi connectivity index (χ4n) is 1.96. The average Bonchev–Trinajstić information content (AvgIpc) is 3.19. The monoisotopic (exact) mass is 306 g/mol. The van der Waals surface area contributed by atoms with Crippen molar-refractivity contribution in [1.82, 2.24) is 10.3 Å². The highest BCUT2D eigenvalue weighted by atomic mass is 35.5. The Kier molecular flexibility index (Phi) is 4.03. The van der Waals surface area contributed by atoms with Crippen molar-refractivity contribution in [2.45, 2.75) is 18.7 Å². The Morgan fingerprint density at radius 2 is 2.30 bits per heavy atom. The Balaban J connectivity index is 1.75. The average molecular weight is 307 g/mol. The molecular formula is C15H15ClN2OS. The van der Waals surface area contributed by atoms with Gasteiger partial charge in [-0.25, -0.2) is 4.98 Å². The van der Waals surface area contributed by atoms with Gasteiger partial charge in [-0.3, -0.25) is 4.79 Å². The molecule has 20 heavy (non-hydrogen) atoms. The molecule has 0 radical (unpaired) electrons. The number of rotatable bonds is 5. The standard InChI is InChI=1S/C15H15ClN2OS/c16-7-13-9-20-15(18-13)12-3-1-2-11(6-12)14(19)17-8-10-4-5-10/h1-3,6,9-10H,4-5,7-8H2,(H,17,19). The number of carbonyl (C=O) groups is 1. The van der Waals surface area contributed by atoms with Gasteiger partial charge in [0.1, 0.15) is 5.01 Å². The molecule has 1 aromatic carbocycles. The van der Waals surface area contributed by atoms with E-state index in [0.29, 0.717) is 17.4 Å². The minimum absolute atomic E-state index is 0.00660. The Bertz CT molecular complexity index is 622. The summed E-state index contributed by atoms with van der Waals surface area (Å²) in [6.07, 6.45) is 2.47. The number of hydrogen-bond acceptors (Lipinski definition) is 3. The molecule has 0 saturated heterocycles. The van der Waals surface area contributed by atoms with Crippen LogP contribution in [0.25, 0.3) is 10.6 Å². The maximum absolute atomic E-state index is 12.1. The van der Waals surface area contributed by atoms with E-state index in [1.165, 1.54) is 12.8 Å². The topological polar surface area (TPSA) is 42.0 Å². The molecule has 2 aromatic rings. The number of thiazole rings is 1. The summed E-state index contributed by atoms with van der Waals surface area (Å²) in [6.45, 7) is 0.788. The van der Waals surface area contributed by atoms with Crippen LogP contribution in [0.5, 0.6) is 0 Å². The van der Waals surface area contributed by atoms with Crippen LogP contribution in [0.3, 0.4) is 0 Å². The first kappa shape index (κ1) is 13.6. The Hall–Kier alpha value is -1.39. The molecule has 1 aliphatic carbocycles. The fraction of sp³-hybridized carbons (Fsp3) is 0.333. The van der Waals surface area contributed by atoms with Gasteiger partial charge in [-0.1, -0.05) is 12.1 Å². The molecule has 1 saturated carbocycles. The van der Waals surface area contributed by atoms with Gasteiger partial charge in [0.25, 0.3) is 5.91 Å². The maximum atomic E-state index is 12.1. The molecule has 0 aliphatic heterocycles. The van der Waals surface area contributed by atoms with Crippen LogP contribution in [0.15, 0.2) is 29.6 Å². The van der Waals surface area contributed by atoms with Gasteiger partial charge in [0.05, 0.1) is 11.6 Å². The lowest BCUT2D eigenvalue weighted by atomic mass is 10.1. The lowest BCUT2D eigenvalue weighted by Gasteiger charge is -2.05. The predicted octanol–water partition coefficient (Wildman–Crippen LogP) is 3.69. The number of hydrogen-bond donors (Lipinski definition) is 1. The number of halogens is 1. The van der Waals surface area contributed by atoms with E-state index in [-0.39, 0.29) is 5.91 Å². The molecule has 1 aliphatic rings. The summed E-state index contributed by atoms with van der Waals surface area (Å²) < 4.78 is 0. The molecule has 0 bridgehead atoms. The highest BCUT2D eigenvalue weighted by molar-refractivity contribution is 7.13. The van der Waals surface area contributed by atoms with Crippen molar-refractivity contribution in [1.29, 1.82) is 0 Å². The van der Waals surface area contributed by atoms with E-state index in [0.717, 1.165) is 22.8 Å². The van der Waals surface area contributed by atoms with E-state index in [9.17, 15) is 4.79 Å². The minimum atomic E-state index is -0.00660. The van der Waals surface area contributed by atoms with Crippen LogP contribution in [-0.4, -0.2) is 17.4 Å². The van der Waals surface area contributed by atoms with Gasteiger partial charge in [0.15, 0.2) is 0 Å². The highest BCUT2D eigenvalue weighted by Crippen LogP contribution is 2.28. The third-order valence-corrected chi connectivity index (χ3v) is 4.52. The van der Waals surface area contributed by atoms with Crippen molar-refractivity contribution in [3.05, 3.63) is 40.9 Å². The van der Waals surface area contributed by atoms with E-state index in [1.54, 1.807) is 11.3 Å². The number of amides is 1. The van der Waals surface area contributed by atoms with Gasteiger partial charge < -0.3 is 5.32 Å². The van der Waals surface area contributed by atoms with Gasteiger partial charge in [-0.05, 0) is 30.9 Å². The van der Waals surface area contributed by atoms with Gasteiger partial charge >= 0.3 is 0 Å². The first-order valence-electron chi connectivity index (χ1n) is 6.65. The Labute approximate surface area is 127 Å². The zero-order valence-corrected chi connectivity index (χ0v) is 12.5. The Morgan fingerprint density at radius 3 is 3.00 bits per heavy atom. The van der Waals surface area contributed by atoms with Crippen LogP contribution in [0.4, 0.5) is 0 Å². The summed E-state index contributed by atoms with van der Waals surface area (Å²) in [6, 6.07) is 7.58. The summed E-state index contributed by atoms with van der Waals surface area (Å²) in [5, 5.41) is 5.83. The second kappa shape index (κ2) is 5.94. The molecule has 1 heterocycles. The molecule has 1 N–H and O–H groups in total. The minimum Gasteiger partial charge on any atom is -0.352 e. The van der Waals surface area contributed by atoms with Crippen LogP contribution in [-0.2, 0) is 5.88 Å². The van der Waals surface area contributed by atoms with Crippen molar-refractivity contribution in [2.24, 2.45) is 5.92 Å². The van der Waals surface area contributed by atoms with Crippen molar-refractivity contribution < 1.29 is 4.79 Å². The molecule has 5 heteroatoms. The van der Waals surface area contributed by atoms with Crippen molar-refractivity contribution >= 4 is 28.8 Å². The molecule has 1 aromatic heterocycles. The van der Waals surface area contributed by atoms with Crippen molar-refractivity contribution in [3.63, 3.8) is 0 Å². The summed E-state index contributed by atoms with van der Waals surface area (Å²) in [5.41, 5.74) is 2.52. The summed E-state index contributed by atoms with van der Waals surface area (Å²) >= 11 is 7.31. The lowest BCUT2D eigenvalue weighted by molar-refractivity contribution is 0.0952. The number of aromatic nitrogens is 1. The molecular weight excluding hydrogens is 292 g/mol. The lowest BCUT2D eigenvalue weighted by Crippen LogP contribution is -2.25. The van der Waals surface area contributed by atoms with Crippen LogP contribution >= 0.6 is 22.9 Å². The second-order valence-corrected chi connectivity index (χ2v) is 6.14. The predicted molar refractivity (Wildman–Crippen MR) is 82.2 cm³/mol. The van der Waals surface area contributed by atoms with Crippen LogP contribution in [0.2, 0.25) is 0 Å². The number of carbonyl (C=O) groups excluding carboxylic acids is 1. The molecule has 0 unspecified atom stereocenters. The zero-order chi connectivity index (χ0) is 13.9. The molecule has 0 spiro atoms. The summed E-state index contributed by atoms with van der Waals surface area (Å²) in [5.74, 6) is 1.10. The second-order valence-electron chi connectivity index (χ2n) is 5.01. The molecule has 104 valence electrons. The van der Waals surface area contributed by atoms with E-state index in [1.807, 2.05) is 29.6 Å². The van der Waals surface area contributed by atoms with Crippen molar-refractivity contribution in [3.8, 4) is 10.6 Å². The normalized spacial score (nSPS) is 14.2. The van der Waals surface area contributed by atoms with E-state index < -0.39 is 0 Å². The zero-order valence-electron chi connectivity index (χ0n) is 10.9. The molecule has 1 fully saturated rings. The number of benzene rings is 1. The Morgan fingerprint density at radius 1 is 1.45 bits per heavy atom. The molecule has 0 atom stereocenters. The summed E-state index contributed by atoms with van der Waals surface area (Å²) in [7, 11) is 0. The van der Waals surface area contributed by atoms with Gasteiger partial charge in [0, 0.05) is 23.1 Å². The number of nitrogens with zero attached hydrogens (tertiary/aromatic N) is 1. The fourth-order valence-corrected chi connectivity index (χ4v) is 3.00. The van der Waals surface area contributed by atoms with Crippen LogP contribution in [0.1, 0.15) is 28.9 Å². The molecule has 3 nitrogen and oxygen atoms in total. The van der Waals surface area contributed by atoms with Crippen molar-refractivity contribution in [2.75, 3.05) is 6.54 Å². The first-order chi connectivity index (χ1) is 9.76. The largest absolute Gasteiger partial charge is 0.352 e.